The van der Waals surface area contributed by atoms with Gasteiger partial charge in [0.2, 0.25) is 0 Å². The monoisotopic (exact) mass is 307 g/mol. The number of carbonyl (C=O) groups is 1. The van der Waals surface area contributed by atoms with E-state index in [9.17, 15) is 4.79 Å². The number of hydrogen-bond acceptors (Lipinski definition) is 3. The van der Waals surface area contributed by atoms with Crippen molar-refractivity contribution in [2.45, 2.75) is 52.5 Å². The maximum absolute atomic E-state index is 12.6. The molecule has 116 valence electrons. The SMILES string of the molecule is CCCCCN(C(=O)c1ccc(C#CCCO)s1)C(C)C. The van der Waals surface area contributed by atoms with Gasteiger partial charge in [0, 0.05) is 19.0 Å². The number of amides is 1. The van der Waals surface area contributed by atoms with Crippen molar-refractivity contribution in [1.29, 1.82) is 0 Å². The smallest absolute Gasteiger partial charge is 0.264 e. The molecule has 0 aliphatic rings. The van der Waals surface area contributed by atoms with Crippen LogP contribution in [0.3, 0.4) is 0 Å². The molecule has 0 unspecified atom stereocenters. The summed E-state index contributed by atoms with van der Waals surface area (Å²) in [5.41, 5.74) is 0. The number of aliphatic hydroxyl groups is 1. The summed E-state index contributed by atoms with van der Waals surface area (Å²) in [6, 6.07) is 3.94. The maximum Gasteiger partial charge on any atom is 0.264 e. The van der Waals surface area contributed by atoms with Gasteiger partial charge in [0.05, 0.1) is 16.4 Å². The topological polar surface area (TPSA) is 40.5 Å². The van der Waals surface area contributed by atoms with E-state index >= 15 is 0 Å². The molecule has 0 spiro atoms. The van der Waals surface area contributed by atoms with E-state index in [0.717, 1.165) is 35.6 Å². The third-order valence-electron chi connectivity index (χ3n) is 3.15. The third kappa shape index (κ3) is 5.91. The van der Waals surface area contributed by atoms with Gasteiger partial charge in [-0.25, -0.2) is 0 Å². The van der Waals surface area contributed by atoms with Crippen LogP contribution < -0.4 is 0 Å². The summed E-state index contributed by atoms with van der Waals surface area (Å²) in [4.78, 5) is 16.1. The molecule has 1 heterocycles. The summed E-state index contributed by atoms with van der Waals surface area (Å²) in [7, 11) is 0. The Morgan fingerprint density at radius 3 is 2.76 bits per heavy atom. The molecule has 0 bridgehead atoms. The molecule has 3 nitrogen and oxygen atoms in total. The highest BCUT2D eigenvalue weighted by molar-refractivity contribution is 7.14. The van der Waals surface area contributed by atoms with Crippen LogP contribution >= 0.6 is 11.3 Å². The number of carbonyl (C=O) groups excluding carboxylic acids is 1. The summed E-state index contributed by atoms with van der Waals surface area (Å²) in [6.45, 7) is 7.16. The molecule has 0 aliphatic heterocycles. The van der Waals surface area contributed by atoms with Gasteiger partial charge >= 0.3 is 0 Å². The van der Waals surface area contributed by atoms with Crippen molar-refractivity contribution in [1.82, 2.24) is 4.90 Å². The minimum atomic E-state index is 0.0721. The molecule has 0 radical (unpaired) electrons. The Balaban J connectivity index is 2.73. The van der Waals surface area contributed by atoms with Crippen molar-refractivity contribution in [2.75, 3.05) is 13.2 Å². The van der Waals surface area contributed by atoms with E-state index in [2.05, 4.69) is 32.6 Å². The fourth-order valence-electron chi connectivity index (χ4n) is 1.99. The molecule has 4 heteroatoms. The first-order valence-corrected chi connectivity index (χ1v) is 8.42. The van der Waals surface area contributed by atoms with E-state index in [4.69, 9.17) is 5.11 Å². The summed E-state index contributed by atoms with van der Waals surface area (Å²) >= 11 is 1.43. The van der Waals surface area contributed by atoms with Crippen molar-refractivity contribution in [3.63, 3.8) is 0 Å². The van der Waals surface area contributed by atoms with E-state index in [1.807, 2.05) is 17.0 Å². The number of nitrogens with zero attached hydrogens (tertiary/aromatic N) is 1. The maximum atomic E-state index is 12.6. The average Bonchev–Trinajstić information content (AvgIpc) is 2.92. The zero-order chi connectivity index (χ0) is 15.7. The largest absolute Gasteiger partial charge is 0.395 e. The zero-order valence-corrected chi connectivity index (χ0v) is 14.0. The first-order chi connectivity index (χ1) is 10.1. The second-order valence-corrected chi connectivity index (χ2v) is 6.32. The molecule has 1 N–H and O–H groups in total. The molecule has 0 aromatic carbocycles. The molecule has 1 aromatic heterocycles. The highest BCUT2D eigenvalue weighted by atomic mass is 32.1. The van der Waals surface area contributed by atoms with Gasteiger partial charge in [-0.3, -0.25) is 4.79 Å². The van der Waals surface area contributed by atoms with Gasteiger partial charge in [-0.15, -0.1) is 11.3 Å². The van der Waals surface area contributed by atoms with Crippen LogP contribution in [0, 0.1) is 11.8 Å². The van der Waals surface area contributed by atoms with Crippen molar-refractivity contribution in [3.8, 4) is 11.8 Å². The van der Waals surface area contributed by atoms with Gasteiger partial charge in [-0.2, -0.15) is 0 Å². The lowest BCUT2D eigenvalue weighted by Crippen LogP contribution is -2.37. The van der Waals surface area contributed by atoms with Gasteiger partial charge < -0.3 is 10.0 Å². The lowest BCUT2D eigenvalue weighted by atomic mass is 10.2. The standard InChI is InChI=1S/C17H25NO2S/c1-4-5-7-12-18(14(2)3)17(20)16-11-10-15(21-16)9-6-8-13-19/h10-11,14,19H,4-5,7-8,12-13H2,1-3H3. The predicted octanol–water partition coefficient (Wildman–Crippen LogP) is 3.52. The predicted molar refractivity (Wildman–Crippen MR) is 88.6 cm³/mol. The first kappa shape index (κ1) is 17.7. The van der Waals surface area contributed by atoms with Gasteiger partial charge in [0.1, 0.15) is 0 Å². The Labute approximate surface area is 132 Å². The summed E-state index contributed by atoms with van der Waals surface area (Å²) in [5, 5.41) is 8.71. The molecule has 0 saturated carbocycles. The molecule has 1 aromatic rings. The Kier molecular flexibility index (Phi) is 8.11. The van der Waals surface area contributed by atoms with E-state index in [0.29, 0.717) is 6.42 Å². The van der Waals surface area contributed by atoms with Crippen LogP contribution in [-0.4, -0.2) is 35.1 Å². The molecular formula is C17H25NO2S. The quantitative estimate of drug-likeness (QED) is 0.618. The van der Waals surface area contributed by atoms with E-state index in [-0.39, 0.29) is 18.6 Å². The number of rotatable bonds is 7. The Morgan fingerprint density at radius 2 is 2.14 bits per heavy atom. The van der Waals surface area contributed by atoms with Crippen LogP contribution in [0.1, 0.15) is 61.0 Å². The molecule has 1 amide bonds. The number of hydrogen-bond donors (Lipinski definition) is 1. The first-order valence-electron chi connectivity index (χ1n) is 7.60. The van der Waals surface area contributed by atoms with Crippen LogP contribution in [0.2, 0.25) is 0 Å². The van der Waals surface area contributed by atoms with Crippen LogP contribution in [0.25, 0.3) is 0 Å². The number of aliphatic hydroxyl groups excluding tert-OH is 1. The van der Waals surface area contributed by atoms with Crippen LogP contribution in [0.4, 0.5) is 0 Å². The Bertz CT molecular complexity index is 496. The fraction of sp³-hybridized carbons (Fsp3) is 0.588. The molecular weight excluding hydrogens is 282 g/mol. The number of unbranched alkanes of at least 4 members (excludes halogenated alkanes) is 2. The second kappa shape index (κ2) is 9.59. The minimum absolute atomic E-state index is 0.0721. The fourth-order valence-corrected chi connectivity index (χ4v) is 2.83. The minimum Gasteiger partial charge on any atom is -0.395 e. The van der Waals surface area contributed by atoms with Crippen molar-refractivity contribution < 1.29 is 9.90 Å². The summed E-state index contributed by atoms with van der Waals surface area (Å²) < 4.78 is 0. The highest BCUT2D eigenvalue weighted by Gasteiger charge is 2.19. The lowest BCUT2D eigenvalue weighted by molar-refractivity contribution is 0.0707. The highest BCUT2D eigenvalue weighted by Crippen LogP contribution is 2.19. The van der Waals surface area contributed by atoms with Crippen molar-refractivity contribution >= 4 is 17.2 Å². The molecule has 0 saturated heterocycles. The van der Waals surface area contributed by atoms with E-state index < -0.39 is 0 Å². The van der Waals surface area contributed by atoms with Crippen LogP contribution in [-0.2, 0) is 0 Å². The van der Waals surface area contributed by atoms with Gasteiger partial charge in [0.25, 0.3) is 5.91 Å². The second-order valence-electron chi connectivity index (χ2n) is 5.24. The van der Waals surface area contributed by atoms with Crippen LogP contribution in [0.15, 0.2) is 12.1 Å². The molecule has 0 fully saturated rings. The molecule has 21 heavy (non-hydrogen) atoms. The third-order valence-corrected chi connectivity index (χ3v) is 4.14. The van der Waals surface area contributed by atoms with Gasteiger partial charge in [0.15, 0.2) is 0 Å². The lowest BCUT2D eigenvalue weighted by Gasteiger charge is -2.26. The van der Waals surface area contributed by atoms with E-state index in [1.165, 1.54) is 11.3 Å². The summed E-state index contributed by atoms with van der Waals surface area (Å²) in [6.07, 6.45) is 3.83. The summed E-state index contributed by atoms with van der Waals surface area (Å²) in [5.74, 6) is 5.96. The molecule has 1 rings (SSSR count). The van der Waals surface area contributed by atoms with Gasteiger partial charge in [-0.05, 0) is 32.4 Å². The Morgan fingerprint density at radius 1 is 1.38 bits per heavy atom. The van der Waals surface area contributed by atoms with Gasteiger partial charge in [-0.1, -0.05) is 31.6 Å². The van der Waals surface area contributed by atoms with Crippen molar-refractivity contribution in [3.05, 3.63) is 21.9 Å². The van der Waals surface area contributed by atoms with E-state index in [1.54, 1.807) is 0 Å². The zero-order valence-electron chi connectivity index (χ0n) is 13.2. The normalized spacial score (nSPS) is 10.3. The molecule has 0 aliphatic carbocycles. The van der Waals surface area contributed by atoms with Crippen LogP contribution in [0.5, 0.6) is 0 Å². The van der Waals surface area contributed by atoms with Crippen molar-refractivity contribution in [2.24, 2.45) is 0 Å². The Hall–Kier alpha value is -1.31. The molecule has 0 atom stereocenters. The number of thiophene rings is 1. The average molecular weight is 307 g/mol.